The number of carbonyl (C=O) groups excluding carboxylic acids is 1. The summed E-state index contributed by atoms with van der Waals surface area (Å²) in [6.07, 6.45) is -4.72. The molecule has 0 saturated heterocycles. The van der Waals surface area contributed by atoms with Gasteiger partial charge in [-0.15, -0.1) is 0 Å². The molecule has 0 aromatic heterocycles. The Kier molecular flexibility index (Phi) is 3.11. The van der Waals surface area contributed by atoms with Gasteiger partial charge in [0.2, 0.25) is 0 Å². The Balaban J connectivity index is 3.56. The summed E-state index contributed by atoms with van der Waals surface area (Å²) in [5.41, 5.74) is -2.17. The van der Waals surface area contributed by atoms with E-state index in [1.807, 2.05) is 0 Å². The molecule has 1 rings (SSSR count). The van der Waals surface area contributed by atoms with Crippen molar-refractivity contribution in [3.63, 3.8) is 0 Å². The number of phenolic OH excluding ortho intramolecular Hbond substituents is 1. The highest BCUT2D eigenvalue weighted by molar-refractivity contribution is 5.94. The molecule has 0 saturated carbocycles. The summed E-state index contributed by atoms with van der Waals surface area (Å²) in [4.78, 5) is 11.2. The Hall–Kier alpha value is -1.72. The molecule has 0 radical (unpaired) electrons. The topological polar surface area (TPSA) is 46.5 Å². The van der Waals surface area contributed by atoms with Gasteiger partial charge in [-0.1, -0.05) is 6.07 Å². The number of hydrogen-bond acceptors (Lipinski definition) is 3. The SMILES string of the molecule is COC(=O)c1c(O)ccc(C)c1C(F)(F)F. The van der Waals surface area contributed by atoms with Gasteiger partial charge in [-0.05, 0) is 18.6 Å². The standard InChI is InChI=1S/C10H9F3O3/c1-5-3-4-6(14)7(9(15)16-2)8(5)10(11,12)13/h3-4,14H,1-2H3. The fourth-order valence-corrected chi connectivity index (χ4v) is 1.37. The van der Waals surface area contributed by atoms with Crippen molar-refractivity contribution >= 4 is 5.97 Å². The minimum Gasteiger partial charge on any atom is -0.507 e. The molecule has 0 bridgehead atoms. The Morgan fingerprint density at radius 2 is 1.94 bits per heavy atom. The maximum Gasteiger partial charge on any atom is 0.417 e. The quantitative estimate of drug-likeness (QED) is 0.759. The second-order valence-electron chi connectivity index (χ2n) is 3.14. The predicted molar refractivity (Wildman–Crippen MR) is 49.2 cm³/mol. The van der Waals surface area contributed by atoms with Crippen molar-refractivity contribution in [3.8, 4) is 5.75 Å². The molecule has 0 aliphatic carbocycles. The molecule has 3 nitrogen and oxygen atoms in total. The third-order valence-corrected chi connectivity index (χ3v) is 2.06. The minimum atomic E-state index is -4.72. The van der Waals surface area contributed by atoms with Gasteiger partial charge in [0, 0.05) is 0 Å². The van der Waals surface area contributed by atoms with E-state index in [2.05, 4.69) is 4.74 Å². The number of benzene rings is 1. The highest BCUT2D eigenvalue weighted by Gasteiger charge is 2.38. The summed E-state index contributed by atoms with van der Waals surface area (Å²) in [7, 11) is 0.949. The molecule has 0 unspecified atom stereocenters. The number of hydrogen-bond donors (Lipinski definition) is 1. The molecule has 0 aliphatic heterocycles. The van der Waals surface area contributed by atoms with Crippen LogP contribution in [0.25, 0.3) is 0 Å². The number of aromatic hydroxyl groups is 1. The highest BCUT2D eigenvalue weighted by atomic mass is 19.4. The van der Waals surface area contributed by atoms with Crippen LogP contribution in [-0.2, 0) is 10.9 Å². The lowest BCUT2D eigenvalue weighted by Crippen LogP contribution is -2.16. The molecule has 0 spiro atoms. The molecule has 0 atom stereocenters. The van der Waals surface area contributed by atoms with Gasteiger partial charge in [-0.25, -0.2) is 4.79 Å². The Morgan fingerprint density at radius 1 is 1.38 bits per heavy atom. The number of alkyl halides is 3. The monoisotopic (exact) mass is 234 g/mol. The summed E-state index contributed by atoms with van der Waals surface area (Å²) < 4.78 is 42.2. The number of methoxy groups -OCH3 is 1. The predicted octanol–water partition coefficient (Wildman–Crippen LogP) is 2.51. The summed E-state index contributed by atoms with van der Waals surface area (Å²) in [6, 6.07) is 2.11. The zero-order valence-electron chi connectivity index (χ0n) is 8.55. The smallest absolute Gasteiger partial charge is 0.417 e. The highest BCUT2D eigenvalue weighted by Crippen LogP contribution is 2.38. The van der Waals surface area contributed by atoms with Crippen LogP contribution in [0.1, 0.15) is 21.5 Å². The fourth-order valence-electron chi connectivity index (χ4n) is 1.37. The van der Waals surface area contributed by atoms with Crippen LogP contribution in [0.5, 0.6) is 5.75 Å². The second kappa shape index (κ2) is 4.03. The number of carbonyl (C=O) groups is 1. The molecule has 0 aliphatic rings. The van der Waals surface area contributed by atoms with Crippen LogP contribution in [0.15, 0.2) is 12.1 Å². The van der Waals surface area contributed by atoms with Crippen LogP contribution in [0, 0.1) is 6.92 Å². The molecule has 1 aromatic carbocycles. The van der Waals surface area contributed by atoms with Crippen LogP contribution in [-0.4, -0.2) is 18.2 Å². The summed E-state index contributed by atoms with van der Waals surface area (Å²) >= 11 is 0. The van der Waals surface area contributed by atoms with Crippen molar-refractivity contribution in [3.05, 3.63) is 28.8 Å². The van der Waals surface area contributed by atoms with E-state index in [1.54, 1.807) is 0 Å². The first kappa shape index (κ1) is 12.4. The van der Waals surface area contributed by atoms with Crippen molar-refractivity contribution in [2.45, 2.75) is 13.1 Å². The van der Waals surface area contributed by atoms with Gasteiger partial charge in [-0.3, -0.25) is 0 Å². The molecule has 16 heavy (non-hydrogen) atoms. The van der Waals surface area contributed by atoms with E-state index in [1.165, 1.54) is 6.92 Å². The fraction of sp³-hybridized carbons (Fsp3) is 0.300. The van der Waals surface area contributed by atoms with E-state index < -0.39 is 29.0 Å². The maximum absolute atomic E-state index is 12.7. The van der Waals surface area contributed by atoms with Gasteiger partial charge in [0.05, 0.1) is 12.7 Å². The lowest BCUT2D eigenvalue weighted by atomic mass is 10.0. The first-order chi connectivity index (χ1) is 7.29. The van der Waals surface area contributed by atoms with Crippen molar-refractivity contribution in [1.82, 2.24) is 0 Å². The molecular formula is C10H9F3O3. The number of phenols is 1. The number of halogens is 3. The van der Waals surface area contributed by atoms with E-state index in [0.29, 0.717) is 0 Å². The maximum atomic E-state index is 12.7. The Morgan fingerprint density at radius 3 is 2.38 bits per heavy atom. The molecule has 6 heteroatoms. The number of esters is 1. The molecule has 0 heterocycles. The number of rotatable bonds is 1. The van der Waals surface area contributed by atoms with E-state index in [-0.39, 0.29) is 5.56 Å². The van der Waals surface area contributed by atoms with Gasteiger partial charge in [-0.2, -0.15) is 13.2 Å². The molecule has 0 fully saturated rings. The van der Waals surface area contributed by atoms with Crippen molar-refractivity contribution in [1.29, 1.82) is 0 Å². The third kappa shape index (κ3) is 2.10. The van der Waals surface area contributed by atoms with Crippen LogP contribution >= 0.6 is 0 Å². The molecule has 88 valence electrons. The van der Waals surface area contributed by atoms with Crippen LogP contribution < -0.4 is 0 Å². The van der Waals surface area contributed by atoms with E-state index in [4.69, 9.17) is 0 Å². The summed E-state index contributed by atoms with van der Waals surface area (Å²) in [6.45, 7) is 1.20. The molecular weight excluding hydrogens is 225 g/mol. The van der Waals surface area contributed by atoms with Gasteiger partial charge in [0.15, 0.2) is 0 Å². The Labute approximate surface area is 89.5 Å². The number of aryl methyl sites for hydroxylation is 1. The summed E-state index contributed by atoms with van der Waals surface area (Å²) in [5.74, 6) is -1.96. The number of ether oxygens (including phenoxy) is 1. The normalized spacial score (nSPS) is 11.3. The van der Waals surface area contributed by atoms with Crippen molar-refractivity contribution < 1.29 is 27.8 Å². The molecule has 1 N–H and O–H groups in total. The van der Waals surface area contributed by atoms with E-state index in [0.717, 1.165) is 19.2 Å². The first-order valence-electron chi connectivity index (χ1n) is 4.27. The summed E-state index contributed by atoms with van der Waals surface area (Å²) in [5, 5.41) is 9.28. The van der Waals surface area contributed by atoms with Crippen molar-refractivity contribution in [2.75, 3.05) is 7.11 Å². The third-order valence-electron chi connectivity index (χ3n) is 2.06. The van der Waals surface area contributed by atoms with Gasteiger partial charge in [0.1, 0.15) is 11.3 Å². The first-order valence-corrected chi connectivity index (χ1v) is 4.27. The van der Waals surface area contributed by atoms with Crippen molar-refractivity contribution in [2.24, 2.45) is 0 Å². The van der Waals surface area contributed by atoms with Gasteiger partial charge in [0.25, 0.3) is 0 Å². The van der Waals surface area contributed by atoms with Crippen LogP contribution in [0.4, 0.5) is 13.2 Å². The second-order valence-corrected chi connectivity index (χ2v) is 3.14. The minimum absolute atomic E-state index is 0.147. The van der Waals surface area contributed by atoms with Gasteiger partial charge < -0.3 is 9.84 Å². The molecule has 1 aromatic rings. The van der Waals surface area contributed by atoms with E-state index >= 15 is 0 Å². The van der Waals surface area contributed by atoms with Crippen LogP contribution in [0.2, 0.25) is 0 Å². The zero-order valence-corrected chi connectivity index (χ0v) is 8.55. The van der Waals surface area contributed by atoms with Crippen LogP contribution in [0.3, 0.4) is 0 Å². The molecule has 0 amide bonds. The Bertz CT molecular complexity index is 424. The lowest BCUT2D eigenvalue weighted by Gasteiger charge is -2.15. The lowest BCUT2D eigenvalue weighted by molar-refractivity contribution is -0.138. The average Bonchev–Trinajstić information content (AvgIpc) is 2.18. The average molecular weight is 234 g/mol. The zero-order chi connectivity index (χ0) is 12.5. The van der Waals surface area contributed by atoms with Gasteiger partial charge >= 0.3 is 12.1 Å². The van der Waals surface area contributed by atoms with E-state index in [9.17, 15) is 23.1 Å². The largest absolute Gasteiger partial charge is 0.507 e.